The zero-order chi connectivity index (χ0) is 24.2. The molecule has 0 saturated carbocycles. The molecule has 1 N–H and O–H groups in total. The van der Waals surface area contributed by atoms with Crippen LogP contribution < -0.4 is 4.90 Å². The van der Waals surface area contributed by atoms with Gasteiger partial charge >= 0.3 is 5.97 Å². The summed E-state index contributed by atoms with van der Waals surface area (Å²) in [4.78, 5) is 27.8. The molecule has 0 unspecified atom stereocenters. The number of ether oxygens (including phenoxy) is 1. The number of methoxy groups -OCH3 is 1. The molecule has 5 rings (SSSR count). The first-order valence-electron chi connectivity index (χ1n) is 11.5. The third kappa shape index (κ3) is 4.81. The fourth-order valence-corrected chi connectivity index (χ4v) is 5.01. The number of aromatic amines is 1. The third-order valence-corrected chi connectivity index (χ3v) is 6.85. The summed E-state index contributed by atoms with van der Waals surface area (Å²) in [6, 6.07) is 22.6. The van der Waals surface area contributed by atoms with E-state index in [4.69, 9.17) is 14.7 Å². The van der Waals surface area contributed by atoms with Gasteiger partial charge in [-0.2, -0.15) is 0 Å². The van der Waals surface area contributed by atoms with E-state index in [0.717, 1.165) is 39.5 Å². The van der Waals surface area contributed by atoms with Gasteiger partial charge in [0, 0.05) is 30.1 Å². The van der Waals surface area contributed by atoms with Crippen LogP contribution in [-0.2, 0) is 24.2 Å². The molecule has 3 heterocycles. The lowest BCUT2D eigenvalue weighted by Crippen LogP contribution is -2.24. The lowest BCUT2D eigenvalue weighted by molar-refractivity contribution is 0.0602. The van der Waals surface area contributed by atoms with Crippen LogP contribution >= 0.6 is 11.3 Å². The summed E-state index contributed by atoms with van der Waals surface area (Å²) < 4.78 is 5.05. The monoisotopic (exact) mass is 482 g/mol. The highest BCUT2D eigenvalue weighted by Gasteiger charge is 2.22. The van der Waals surface area contributed by atoms with E-state index in [2.05, 4.69) is 46.5 Å². The number of H-pyrrole nitrogens is 1. The Morgan fingerprint density at radius 3 is 2.26 bits per heavy atom. The second-order valence-corrected chi connectivity index (χ2v) is 9.14. The van der Waals surface area contributed by atoms with Crippen LogP contribution in [0.5, 0.6) is 0 Å². The summed E-state index contributed by atoms with van der Waals surface area (Å²) in [5.74, 6) is 0.365. The molecule has 0 bridgehead atoms. The summed E-state index contributed by atoms with van der Waals surface area (Å²) >= 11 is 1.59. The molecule has 6 nitrogen and oxygen atoms in total. The van der Waals surface area contributed by atoms with Crippen LogP contribution in [0.1, 0.15) is 34.1 Å². The summed E-state index contributed by atoms with van der Waals surface area (Å²) in [5.41, 5.74) is 5.49. The van der Waals surface area contributed by atoms with E-state index < -0.39 is 5.97 Å². The lowest BCUT2D eigenvalue weighted by atomic mass is 10.1. The van der Waals surface area contributed by atoms with Crippen LogP contribution in [0.15, 0.2) is 78.3 Å². The maximum absolute atomic E-state index is 12.6. The van der Waals surface area contributed by atoms with Gasteiger partial charge in [-0.15, -0.1) is 11.3 Å². The van der Waals surface area contributed by atoms with E-state index in [0.29, 0.717) is 18.7 Å². The van der Waals surface area contributed by atoms with Gasteiger partial charge in [0.15, 0.2) is 5.82 Å². The Labute approximate surface area is 208 Å². The SMILES string of the molecule is CCc1csc(-c2cc3c(C(=O)OC)cnc(N(Cc4ccccc4)Cc4ccccc4)c3[nH]2)n1. The number of pyridine rings is 1. The number of thiazole rings is 1. The molecular formula is C28H26N4O2S. The molecule has 0 spiro atoms. The van der Waals surface area contributed by atoms with Crippen molar-refractivity contribution < 1.29 is 9.53 Å². The number of carbonyl (C=O) groups excluding carboxylic acids is 1. The maximum Gasteiger partial charge on any atom is 0.340 e. The number of carbonyl (C=O) groups is 1. The number of nitrogens with one attached hydrogen (secondary N) is 1. The minimum atomic E-state index is -0.411. The largest absolute Gasteiger partial charge is 0.465 e. The number of benzene rings is 2. The average molecular weight is 483 g/mol. The Bertz CT molecular complexity index is 1400. The fraction of sp³-hybridized carbons (Fsp3) is 0.179. The Balaban J connectivity index is 1.65. The number of hydrogen-bond acceptors (Lipinski definition) is 6. The second kappa shape index (κ2) is 10.1. The van der Waals surface area contributed by atoms with Crippen LogP contribution in [0.4, 0.5) is 5.82 Å². The van der Waals surface area contributed by atoms with Crippen LogP contribution in [-0.4, -0.2) is 28.0 Å². The predicted octanol–water partition coefficient (Wildman–Crippen LogP) is 6.24. The molecular weight excluding hydrogens is 456 g/mol. The lowest BCUT2D eigenvalue weighted by Gasteiger charge is -2.25. The molecule has 0 aliphatic heterocycles. The van der Waals surface area contributed by atoms with Crippen molar-refractivity contribution in [3.8, 4) is 10.7 Å². The molecule has 0 atom stereocenters. The van der Waals surface area contributed by atoms with Gasteiger partial charge in [0.1, 0.15) is 5.01 Å². The minimum Gasteiger partial charge on any atom is -0.465 e. The topological polar surface area (TPSA) is 71.1 Å². The van der Waals surface area contributed by atoms with E-state index in [1.54, 1.807) is 17.5 Å². The first-order chi connectivity index (χ1) is 17.2. The summed E-state index contributed by atoms with van der Waals surface area (Å²) in [7, 11) is 1.39. The Morgan fingerprint density at radius 1 is 1.03 bits per heavy atom. The fourth-order valence-electron chi connectivity index (χ4n) is 4.14. The first kappa shape index (κ1) is 22.8. The number of anilines is 1. The molecule has 35 heavy (non-hydrogen) atoms. The molecule has 0 radical (unpaired) electrons. The van der Waals surface area contributed by atoms with Gasteiger partial charge in [-0.25, -0.2) is 14.8 Å². The van der Waals surface area contributed by atoms with Crippen LogP contribution in [0, 0.1) is 0 Å². The Morgan fingerprint density at radius 2 is 1.69 bits per heavy atom. The quantitative estimate of drug-likeness (QED) is 0.265. The molecule has 176 valence electrons. The van der Waals surface area contributed by atoms with Gasteiger partial charge in [-0.3, -0.25) is 0 Å². The highest BCUT2D eigenvalue weighted by atomic mass is 32.1. The molecule has 0 fully saturated rings. The molecule has 5 aromatic rings. The van der Waals surface area contributed by atoms with Crippen molar-refractivity contribution in [1.29, 1.82) is 0 Å². The molecule has 0 aliphatic carbocycles. The summed E-state index contributed by atoms with van der Waals surface area (Å²) in [6.07, 6.45) is 2.49. The zero-order valence-corrected chi connectivity index (χ0v) is 20.5. The number of rotatable bonds is 8. The Hall–Kier alpha value is -3.97. The van der Waals surface area contributed by atoms with Gasteiger partial charge in [-0.1, -0.05) is 67.6 Å². The molecule has 0 aliphatic rings. The third-order valence-electron chi connectivity index (χ3n) is 5.93. The van der Waals surface area contributed by atoms with Gasteiger partial charge in [0.25, 0.3) is 0 Å². The standard InChI is InChI=1S/C28H26N4O2S/c1-3-21-18-35-27(30-21)24-14-22-23(28(33)34-2)15-29-26(25(22)31-24)32(16-19-10-6-4-7-11-19)17-20-12-8-5-9-13-20/h4-15,18,31H,3,16-17H2,1-2H3. The van der Waals surface area contributed by atoms with E-state index in [9.17, 15) is 4.79 Å². The molecule has 0 amide bonds. The average Bonchev–Trinajstić information content (AvgIpc) is 3.56. The van der Waals surface area contributed by atoms with Crippen molar-refractivity contribution in [2.24, 2.45) is 0 Å². The molecule has 7 heteroatoms. The van der Waals surface area contributed by atoms with Crippen molar-refractivity contribution in [3.63, 3.8) is 0 Å². The normalized spacial score (nSPS) is 11.0. The van der Waals surface area contributed by atoms with Crippen molar-refractivity contribution in [2.75, 3.05) is 12.0 Å². The van der Waals surface area contributed by atoms with Crippen LogP contribution in [0.25, 0.3) is 21.6 Å². The summed E-state index contributed by atoms with van der Waals surface area (Å²) in [6.45, 7) is 3.43. The first-order valence-corrected chi connectivity index (χ1v) is 12.4. The van der Waals surface area contributed by atoms with E-state index in [1.807, 2.05) is 42.5 Å². The predicted molar refractivity (Wildman–Crippen MR) is 141 cm³/mol. The van der Waals surface area contributed by atoms with Gasteiger partial charge in [-0.05, 0) is 23.6 Å². The van der Waals surface area contributed by atoms with E-state index >= 15 is 0 Å². The van der Waals surface area contributed by atoms with Crippen molar-refractivity contribution >= 4 is 34.0 Å². The molecule has 2 aromatic carbocycles. The molecule has 3 aromatic heterocycles. The van der Waals surface area contributed by atoms with E-state index in [-0.39, 0.29) is 0 Å². The Kier molecular flexibility index (Phi) is 6.59. The van der Waals surface area contributed by atoms with Crippen molar-refractivity contribution in [1.82, 2.24) is 15.0 Å². The summed E-state index contributed by atoms with van der Waals surface area (Å²) in [5, 5.41) is 3.73. The number of aryl methyl sites for hydroxylation is 1. The van der Waals surface area contributed by atoms with Gasteiger partial charge in [0.2, 0.25) is 0 Å². The molecule has 0 saturated heterocycles. The van der Waals surface area contributed by atoms with Crippen LogP contribution in [0.2, 0.25) is 0 Å². The van der Waals surface area contributed by atoms with Gasteiger partial charge < -0.3 is 14.6 Å². The van der Waals surface area contributed by atoms with E-state index in [1.165, 1.54) is 18.2 Å². The second-order valence-electron chi connectivity index (χ2n) is 8.28. The van der Waals surface area contributed by atoms with Crippen molar-refractivity contribution in [2.45, 2.75) is 26.4 Å². The van der Waals surface area contributed by atoms with Crippen molar-refractivity contribution in [3.05, 3.63) is 101 Å². The number of esters is 1. The van der Waals surface area contributed by atoms with Gasteiger partial charge in [0.05, 0.1) is 29.6 Å². The smallest absolute Gasteiger partial charge is 0.340 e. The highest BCUT2D eigenvalue weighted by molar-refractivity contribution is 7.13. The number of fused-ring (bicyclic) bond motifs is 1. The zero-order valence-electron chi connectivity index (χ0n) is 19.7. The number of hydrogen-bond donors (Lipinski definition) is 1. The number of aromatic nitrogens is 3. The minimum absolute atomic E-state index is 0.411. The number of nitrogens with zero attached hydrogens (tertiary/aromatic N) is 3. The highest BCUT2D eigenvalue weighted by Crippen LogP contribution is 2.34. The maximum atomic E-state index is 12.6. The van der Waals surface area contributed by atoms with Crippen LogP contribution in [0.3, 0.4) is 0 Å².